The third-order valence-corrected chi connectivity index (χ3v) is 3.03. The van der Waals surface area contributed by atoms with E-state index in [0.29, 0.717) is 12.1 Å². The number of aliphatic hydroxyl groups is 1. The van der Waals surface area contributed by atoms with Crippen LogP contribution in [0.1, 0.15) is 23.7 Å². The van der Waals surface area contributed by atoms with Crippen LogP contribution in [0, 0.1) is 0 Å². The van der Waals surface area contributed by atoms with Crippen molar-refractivity contribution >= 4 is 22.7 Å². The molecule has 2 rings (SSSR count). The Balaban J connectivity index is 2.50. The number of hydrogen-bond donors (Lipinski definition) is 2. The zero-order valence-electron chi connectivity index (χ0n) is 11.3. The van der Waals surface area contributed by atoms with Gasteiger partial charge in [0.05, 0.1) is 17.7 Å². The maximum atomic E-state index is 11.0. The van der Waals surface area contributed by atoms with Gasteiger partial charge >= 0.3 is 5.97 Å². The van der Waals surface area contributed by atoms with Gasteiger partial charge in [-0.25, -0.2) is 14.8 Å². The van der Waals surface area contributed by atoms with Crippen LogP contribution in [0.2, 0.25) is 0 Å². The van der Waals surface area contributed by atoms with Crippen molar-refractivity contribution in [1.82, 2.24) is 9.97 Å². The number of aromatic carboxylic acids is 1. The van der Waals surface area contributed by atoms with E-state index in [1.165, 1.54) is 12.4 Å². The van der Waals surface area contributed by atoms with Crippen LogP contribution in [0.4, 0.5) is 5.82 Å². The Hall–Kier alpha value is -2.21. The van der Waals surface area contributed by atoms with Crippen molar-refractivity contribution in [2.24, 2.45) is 0 Å². The van der Waals surface area contributed by atoms with Gasteiger partial charge in [-0.3, -0.25) is 0 Å². The molecule has 2 N–H and O–H groups in total. The zero-order chi connectivity index (χ0) is 14.5. The number of fused-ring (bicyclic) bond motifs is 1. The lowest BCUT2D eigenvalue weighted by Gasteiger charge is -2.23. The van der Waals surface area contributed by atoms with Gasteiger partial charge in [0.1, 0.15) is 12.1 Å². The Morgan fingerprint density at radius 3 is 2.75 bits per heavy atom. The van der Waals surface area contributed by atoms with Crippen LogP contribution in [0.25, 0.3) is 10.9 Å². The van der Waals surface area contributed by atoms with Crippen LogP contribution < -0.4 is 4.90 Å². The van der Waals surface area contributed by atoms with E-state index in [-0.39, 0.29) is 12.2 Å². The molecule has 1 heterocycles. The van der Waals surface area contributed by atoms with Gasteiger partial charge in [-0.15, -0.1) is 0 Å². The third kappa shape index (κ3) is 2.85. The van der Waals surface area contributed by atoms with Crippen LogP contribution >= 0.6 is 0 Å². The number of aliphatic hydroxyl groups excluding tert-OH is 1. The summed E-state index contributed by atoms with van der Waals surface area (Å²) in [5.74, 6) is -0.254. The van der Waals surface area contributed by atoms with Crippen molar-refractivity contribution in [2.75, 3.05) is 24.6 Å². The van der Waals surface area contributed by atoms with E-state index in [1.807, 2.05) is 4.90 Å². The van der Waals surface area contributed by atoms with Crippen LogP contribution in [0.15, 0.2) is 24.5 Å². The highest BCUT2D eigenvalue weighted by Gasteiger charge is 2.13. The molecule has 0 atom stereocenters. The van der Waals surface area contributed by atoms with Gasteiger partial charge in [-0.05, 0) is 24.6 Å². The SMILES string of the molecule is CCCN(CCO)c1ncnc2cc(C(=O)O)ccc12. The van der Waals surface area contributed by atoms with Crippen molar-refractivity contribution < 1.29 is 15.0 Å². The van der Waals surface area contributed by atoms with E-state index in [1.54, 1.807) is 12.1 Å². The molecule has 1 aromatic heterocycles. The van der Waals surface area contributed by atoms with Crippen molar-refractivity contribution in [2.45, 2.75) is 13.3 Å². The molecule has 0 saturated carbocycles. The molecule has 0 aliphatic rings. The summed E-state index contributed by atoms with van der Waals surface area (Å²) in [6.45, 7) is 3.35. The van der Waals surface area contributed by atoms with Crippen molar-refractivity contribution in [3.63, 3.8) is 0 Å². The van der Waals surface area contributed by atoms with Crippen LogP contribution in [-0.2, 0) is 0 Å². The second kappa shape index (κ2) is 6.29. The Morgan fingerprint density at radius 1 is 1.30 bits per heavy atom. The Bertz CT molecular complexity index is 610. The van der Waals surface area contributed by atoms with Crippen molar-refractivity contribution in [3.8, 4) is 0 Å². The molecule has 0 aliphatic heterocycles. The van der Waals surface area contributed by atoms with E-state index in [0.717, 1.165) is 24.2 Å². The van der Waals surface area contributed by atoms with E-state index in [2.05, 4.69) is 16.9 Å². The highest BCUT2D eigenvalue weighted by molar-refractivity contribution is 5.96. The Morgan fingerprint density at radius 2 is 2.10 bits per heavy atom. The fourth-order valence-corrected chi connectivity index (χ4v) is 2.14. The molecule has 0 fully saturated rings. The number of anilines is 1. The zero-order valence-corrected chi connectivity index (χ0v) is 11.3. The maximum absolute atomic E-state index is 11.0. The molecule has 0 saturated heterocycles. The first-order valence-corrected chi connectivity index (χ1v) is 6.51. The van der Waals surface area contributed by atoms with E-state index >= 15 is 0 Å². The molecule has 6 nitrogen and oxygen atoms in total. The molecule has 0 aliphatic carbocycles. The number of hydrogen-bond acceptors (Lipinski definition) is 5. The minimum absolute atomic E-state index is 0.0404. The molecule has 0 bridgehead atoms. The van der Waals surface area contributed by atoms with Crippen molar-refractivity contribution in [1.29, 1.82) is 0 Å². The Kier molecular flexibility index (Phi) is 4.47. The quantitative estimate of drug-likeness (QED) is 0.831. The summed E-state index contributed by atoms with van der Waals surface area (Å²) >= 11 is 0. The highest BCUT2D eigenvalue weighted by atomic mass is 16.4. The smallest absolute Gasteiger partial charge is 0.335 e. The predicted molar refractivity (Wildman–Crippen MR) is 76.1 cm³/mol. The van der Waals surface area contributed by atoms with Gasteiger partial charge in [0.25, 0.3) is 0 Å². The standard InChI is InChI=1S/C14H17N3O3/c1-2-5-17(6-7-18)13-11-4-3-10(14(19)20)8-12(11)15-9-16-13/h3-4,8-9,18H,2,5-7H2,1H3,(H,19,20). The van der Waals surface area contributed by atoms with Gasteiger partial charge in [0.15, 0.2) is 0 Å². The molecule has 0 unspecified atom stereocenters. The van der Waals surface area contributed by atoms with Crippen molar-refractivity contribution in [3.05, 3.63) is 30.1 Å². The lowest BCUT2D eigenvalue weighted by molar-refractivity contribution is 0.0697. The number of aromatic nitrogens is 2. The van der Waals surface area contributed by atoms with E-state index in [9.17, 15) is 4.79 Å². The number of carbonyl (C=O) groups is 1. The number of carboxylic acid groups (broad SMARTS) is 1. The second-order valence-electron chi connectivity index (χ2n) is 4.45. The summed E-state index contributed by atoms with van der Waals surface area (Å²) in [5, 5.41) is 18.9. The average molecular weight is 275 g/mol. The summed E-state index contributed by atoms with van der Waals surface area (Å²) in [6.07, 6.45) is 2.35. The number of benzene rings is 1. The maximum Gasteiger partial charge on any atom is 0.335 e. The molecule has 0 radical (unpaired) electrons. The van der Waals surface area contributed by atoms with Gasteiger partial charge in [-0.2, -0.15) is 0 Å². The molecule has 6 heteroatoms. The Labute approximate surface area is 116 Å². The number of nitrogens with zero attached hydrogens (tertiary/aromatic N) is 3. The first-order chi connectivity index (χ1) is 9.67. The molecular weight excluding hydrogens is 258 g/mol. The molecule has 0 spiro atoms. The lowest BCUT2D eigenvalue weighted by Crippen LogP contribution is -2.28. The highest BCUT2D eigenvalue weighted by Crippen LogP contribution is 2.23. The minimum Gasteiger partial charge on any atom is -0.478 e. The largest absolute Gasteiger partial charge is 0.478 e. The van der Waals surface area contributed by atoms with E-state index in [4.69, 9.17) is 10.2 Å². The van der Waals surface area contributed by atoms with Gasteiger partial charge < -0.3 is 15.1 Å². The second-order valence-corrected chi connectivity index (χ2v) is 4.45. The monoisotopic (exact) mass is 275 g/mol. The molecule has 106 valence electrons. The predicted octanol–water partition coefficient (Wildman–Crippen LogP) is 1.54. The molecule has 2 aromatic rings. The van der Waals surface area contributed by atoms with Gasteiger partial charge in [0.2, 0.25) is 0 Å². The summed E-state index contributed by atoms with van der Waals surface area (Å²) < 4.78 is 0. The average Bonchev–Trinajstić information content (AvgIpc) is 2.45. The van der Waals surface area contributed by atoms with Crippen LogP contribution in [0.5, 0.6) is 0 Å². The summed E-state index contributed by atoms with van der Waals surface area (Å²) in [5.41, 5.74) is 0.792. The molecule has 1 aromatic carbocycles. The van der Waals surface area contributed by atoms with Crippen LogP contribution in [0.3, 0.4) is 0 Å². The summed E-state index contributed by atoms with van der Waals surface area (Å²) in [4.78, 5) is 21.4. The molecule has 0 amide bonds. The fourth-order valence-electron chi connectivity index (χ4n) is 2.14. The van der Waals surface area contributed by atoms with Gasteiger partial charge in [-0.1, -0.05) is 6.92 Å². The summed E-state index contributed by atoms with van der Waals surface area (Å²) in [6, 6.07) is 4.79. The van der Waals surface area contributed by atoms with E-state index < -0.39 is 5.97 Å². The number of rotatable bonds is 6. The summed E-state index contributed by atoms with van der Waals surface area (Å²) in [7, 11) is 0. The van der Waals surface area contributed by atoms with Crippen LogP contribution in [-0.4, -0.2) is 45.8 Å². The topological polar surface area (TPSA) is 86.5 Å². The lowest BCUT2D eigenvalue weighted by atomic mass is 10.1. The molecule has 20 heavy (non-hydrogen) atoms. The van der Waals surface area contributed by atoms with Gasteiger partial charge in [0, 0.05) is 18.5 Å². The normalized spacial score (nSPS) is 10.7. The molecular formula is C14H17N3O3. The third-order valence-electron chi connectivity index (χ3n) is 3.03. The minimum atomic E-state index is -0.979. The number of carboxylic acids is 1. The first-order valence-electron chi connectivity index (χ1n) is 6.51. The first kappa shape index (κ1) is 14.2. The fraction of sp³-hybridized carbons (Fsp3) is 0.357.